The van der Waals surface area contributed by atoms with Crippen LogP contribution in [0.1, 0.15) is 36.0 Å². The van der Waals surface area contributed by atoms with Crippen LogP contribution < -0.4 is 5.32 Å². The van der Waals surface area contributed by atoms with Crippen molar-refractivity contribution >= 4 is 29.1 Å². The van der Waals surface area contributed by atoms with Gasteiger partial charge in [0.25, 0.3) is 5.91 Å². The molecule has 2 nitrogen and oxygen atoms in total. The first-order chi connectivity index (χ1) is 8.25. The molecule has 1 aromatic carbocycles. The Bertz CT molecular complexity index is 355. The number of alkyl halides is 1. The fourth-order valence-corrected chi connectivity index (χ4v) is 1.93. The molecule has 1 rings (SSSR count). The van der Waals surface area contributed by atoms with Crippen LogP contribution in [0.2, 0.25) is 5.02 Å². The molecule has 1 aromatic rings. The van der Waals surface area contributed by atoms with Crippen molar-refractivity contribution in [2.75, 3.05) is 12.4 Å². The summed E-state index contributed by atoms with van der Waals surface area (Å²) in [5.41, 5.74) is 0.537. The summed E-state index contributed by atoms with van der Waals surface area (Å²) in [7, 11) is 0. The number of carbonyl (C=O) groups excluding carboxylic acids is 1. The Hall–Kier alpha value is -0.730. The van der Waals surface area contributed by atoms with Crippen molar-refractivity contribution in [1.29, 1.82) is 0 Å². The van der Waals surface area contributed by atoms with Crippen LogP contribution in [0.25, 0.3) is 0 Å². The normalized spacial score (nSPS) is 10.2. The Balaban J connectivity index is 2.24. The van der Waals surface area contributed by atoms with E-state index in [-0.39, 0.29) is 5.91 Å². The standard InChI is InChI=1S/C13H17Cl2NO/c14-9-5-1-2-6-10-16-13(17)11-7-3-4-8-12(11)15/h3-4,7-8H,1-2,5-6,9-10H2,(H,16,17). The molecular formula is C13H17Cl2NO. The molecule has 94 valence electrons. The number of unbranched alkanes of at least 4 members (excludes halogenated alkanes) is 3. The summed E-state index contributed by atoms with van der Waals surface area (Å²) in [4.78, 5) is 11.7. The molecule has 17 heavy (non-hydrogen) atoms. The predicted octanol–water partition coefficient (Wildman–Crippen LogP) is 3.87. The van der Waals surface area contributed by atoms with Gasteiger partial charge in [-0.25, -0.2) is 0 Å². The number of nitrogens with one attached hydrogen (secondary N) is 1. The molecule has 0 spiro atoms. The minimum absolute atomic E-state index is 0.104. The first-order valence-electron chi connectivity index (χ1n) is 5.84. The molecule has 0 fully saturated rings. The van der Waals surface area contributed by atoms with Crippen LogP contribution in [0.15, 0.2) is 24.3 Å². The van der Waals surface area contributed by atoms with E-state index in [0.717, 1.165) is 25.7 Å². The lowest BCUT2D eigenvalue weighted by atomic mass is 10.2. The van der Waals surface area contributed by atoms with Crippen LogP contribution >= 0.6 is 23.2 Å². The molecule has 0 saturated heterocycles. The highest BCUT2D eigenvalue weighted by Crippen LogP contribution is 2.14. The monoisotopic (exact) mass is 273 g/mol. The lowest BCUT2D eigenvalue weighted by Crippen LogP contribution is -2.24. The van der Waals surface area contributed by atoms with Gasteiger partial charge in [0.2, 0.25) is 0 Å². The van der Waals surface area contributed by atoms with Crippen molar-refractivity contribution in [2.45, 2.75) is 25.7 Å². The molecule has 4 heteroatoms. The molecule has 0 aliphatic heterocycles. The van der Waals surface area contributed by atoms with Gasteiger partial charge in [0, 0.05) is 12.4 Å². The number of carbonyl (C=O) groups is 1. The molecule has 0 radical (unpaired) electrons. The lowest BCUT2D eigenvalue weighted by molar-refractivity contribution is 0.0953. The van der Waals surface area contributed by atoms with Gasteiger partial charge in [0.15, 0.2) is 0 Å². The maximum atomic E-state index is 11.7. The first-order valence-corrected chi connectivity index (χ1v) is 6.75. The lowest BCUT2D eigenvalue weighted by Gasteiger charge is -2.06. The topological polar surface area (TPSA) is 29.1 Å². The minimum atomic E-state index is -0.104. The zero-order chi connectivity index (χ0) is 12.5. The van der Waals surface area contributed by atoms with Gasteiger partial charge in [0.1, 0.15) is 0 Å². The van der Waals surface area contributed by atoms with E-state index < -0.39 is 0 Å². The molecule has 0 bridgehead atoms. The Morgan fingerprint density at radius 1 is 1.12 bits per heavy atom. The second-order valence-corrected chi connectivity index (χ2v) is 4.62. The molecule has 0 aromatic heterocycles. The third-order valence-electron chi connectivity index (χ3n) is 2.46. The Morgan fingerprint density at radius 2 is 1.82 bits per heavy atom. The quantitative estimate of drug-likeness (QED) is 0.593. The number of hydrogen-bond acceptors (Lipinski definition) is 1. The van der Waals surface area contributed by atoms with Gasteiger partial charge in [-0.1, -0.05) is 36.6 Å². The van der Waals surface area contributed by atoms with E-state index in [9.17, 15) is 4.79 Å². The number of hydrogen-bond donors (Lipinski definition) is 1. The zero-order valence-electron chi connectivity index (χ0n) is 9.72. The van der Waals surface area contributed by atoms with Crippen LogP contribution in [0.3, 0.4) is 0 Å². The van der Waals surface area contributed by atoms with E-state index >= 15 is 0 Å². The fourth-order valence-electron chi connectivity index (χ4n) is 1.52. The summed E-state index contributed by atoms with van der Waals surface area (Å²) in [5, 5.41) is 3.35. The molecule has 1 amide bonds. The van der Waals surface area contributed by atoms with Crippen LogP contribution in [-0.4, -0.2) is 18.3 Å². The van der Waals surface area contributed by atoms with Crippen molar-refractivity contribution in [3.05, 3.63) is 34.9 Å². The third-order valence-corrected chi connectivity index (χ3v) is 3.06. The van der Waals surface area contributed by atoms with E-state index in [0.29, 0.717) is 23.0 Å². The summed E-state index contributed by atoms with van der Waals surface area (Å²) in [5.74, 6) is 0.611. The summed E-state index contributed by atoms with van der Waals surface area (Å²) < 4.78 is 0. The number of halogens is 2. The van der Waals surface area contributed by atoms with Crippen molar-refractivity contribution in [2.24, 2.45) is 0 Å². The highest BCUT2D eigenvalue weighted by molar-refractivity contribution is 6.33. The van der Waals surface area contributed by atoms with Gasteiger partial charge >= 0.3 is 0 Å². The third kappa shape index (κ3) is 5.42. The van der Waals surface area contributed by atoms with Gasteiger partial charge < -0.3 is 5.32 Å². The SMILES string of the molecule is O=C(NCCCCCCCl)c1ccccc1Cl. The average Bonchev–Trinajstić information content (AvgIpc) is 2.34. The van der Waals surface area contributed by atoms with Crippen molar-refractivity contribution in [3.8, 4) is 0 Å². The molecule has 0 unspecified atom stereocenters. The van der Waals surface area contributed by atoms with Crippen molar-refractivity contribution < 1.29 is 4.79 Å². The maximum Gasteiger partial charge on any atom is 0.252 e. The zero-order valence-corrected chi connectivity index (χ0v) is 11.2. The highest BCUT2D eigenvalue weighted by Gasteiger charge is 2.07. The van der Waals surface area contributed by atoms with Gasteiger partial charge in [-0.3, -0.25) is 4.79 Å². The molecule has 0 atom stereocenters. The van der Waals surface area contributed by atoms with E-state index in [1.54, 1.807) is 18.2 Å². The van der Waals surface area contributed by atoms with Crippen LogP contribution in [0.4, 0.5) is 0 Å². The van der Waals surface area contributed by atoms with Crippen molar-refractivity contribution in [1.82, 2.24) is 5.32 Å². The average molecular weight is 274 g/mol. The number of benzene rings is 1. The Kier molecular flexibility index (Phi) is 7.06. The van der Waals surface area contributed by atoms with Gasteiger partial charge in [-0.15, -0.1) is 11.6 Å². The summed E-state index contributed by atoms with van der Waals surface area (Å²) in [6.45, 7) is 0.687. The van der Waals surface area contributed by atoms with Gasteiger partial charge in [-0.2, -0.15) is 0 Å². The Labute approximate surface area is 112 Å². The Morgan fingerprint density at radius 3 is 2.53 bits per heavy atom. The maximum absolute atomic E-state index is 11.7. The molecular weight excluding hydrogens is 257 g/mol. The molecule has 0 heterocycles. The van der Waals surface area contributed by atoms with E-state index in [1.165, 1.54) is 0 Å². The summed E-state index contributed by atoms with van der Waals surface area (Å²) in [6, 6.07) is 7.06. The highest BCUT2D eigenvalue weighted by atomic mass is 35.5. The van der Waals surface area contributed by atoms with Crippen molar-refractivity contribution in [3.63, 3.8) is 0 Å². The molecule has 1 N–H and O–H groups in total. The first kappa shape index (κ1) is 14.3. The largest absolute Gasteiger partial charge is 0.352 e. The second kappa shape index (κ2) is 8.37. The van der Waals surface area contributed by atoms with E-state index in [4.69, 9.17) is 23.2 Å². The van der Waals surface area contributed by atoms with Crippen LogP contribution in [-0.2, 0) is 0 Å². The molecule has 0 saturated carbocycles. The molecule has 0 aliphatic carbocycles. The summed E-state index contributed by atoms with van der Waals surface area (Å²) >= 11 is 11.5. The number of amides is 1. The minimum Gasteiger partial charge on any atom is -0.352 e. The smallest absolute Gasteiger partial charge is 0.252 e. The van der Waals surface area contributed by atoms with Gasteiger partial charge in [-0.05, 0) is 25.0 Å². The van der Waals surface area contributed by atoms with Gasteiger partial charge in [0.05, 0.1) is 10.6 Å². The van der Waals surface area contributed by atoms with Crippen LogP contribution in [0.5, 0.6) is 0 Å². The van der Waals surface area contributed by atoms with Crippen LogP contribution in [0, 0.1) is 0 Å². The second-order valence-electron chi connectivity index (χ2n) is 3.84. The fraction of sp³-hybridized carbons (Fsp3) is 0.462. The predicted molar refractivity (Wildman–Crippen MR) is 73.0 cm³/mol. The number of rotatable bonds is 7. The van der Waals surface area contributed by atoms with E-state index in [2.05, 4.69) is 5.32 Å². The van der Waals surface area contributed by atoms with E-state index in [1.807, 2.05) is 6.07 Å². The molecule has 0 aliphatic rings. The summed E-state index contributed by atoms with van der Waals surface area (Å²) in [6.07, 6.45) is 4.23.